The number of carboxylic acid groups (broad SMARTS) is 1. The fourth-order valence-electron chi connectivity index (χ4n) is 10.6. The second kappa shape index (κ2) is 17.1. The quantitative estimate of drug-likeness (QED) is 0.234. The van der Waals surface area contributed by atoms with Gasteiger partial charge in [0.1, 0.15) is 16.9 Å². The van der Waals surface area contributed by atoms with Crippen LogP contribution in [0.5, 0.6) is 5.75 Å². The lowest BCUT2D eigenvalue weighted by atomic mass is 9.73. The van der Waals surface area contributed by atoms with Crippen LogP contribution in [0, 0.1) is 25.7 Å². The monoisotopic (exact) mass is 819 g/mol. The van der Waals surface area contributed by atoms with Gasteiger partial charge in [0.15, 0.2) is 11.2 Å². The van der Waals surface area contributed by atoms with E-state index in [1.807, 2.05) is 11.5 Å². The van der Waals surface area contributed by atoms with Crippen molar-refractivity contribution in [1.29, 1.82) is 0 Å². The summed E-state index contributed by atoms with van der Waals surface area (Å²) in [6.45, 7) is 9.24. The Kier molecular flexibility index (Phi) is 11.8. The van der Waals surface area contributed by atoms with E-state index in [0.717, 1.165) is 116 Å². The number of anilines is 1. The molecule has 3 aliphatic carbocycles. The lowest BCUT2D eigenvalue weighted by molar-refractivity contribution is -0.133. The fraction of sp³-hybridized carbons (Fsp3) is 0.510. The first-order valence-electron chi connectivity index (χ1n) is 22.1. The zero-order chi connectivity index (χ0) is 42.2. The van der Waals surface area contributed by atoms with Gasteiger partial charge in [-0.1, -0.05) is 45.4 Å². The van der Waals surface area contributed by atoms with Crippen LogP contribution in [0.15, 0.2) is 59.2 Å². The minimum Gasteiger partial charge on any atom is -0.493 e. The van der Waals surface area contributed by atoms with Crippen molar-refractivity contribution < 1.29 is 33.7 Å². The summed E-state index contributed by atoms with van der Waals surface area (Å²) in [6, 6.07) is 10.0. The number of hydrogen-bond donors (Lipinski definition) is 2. The number of ketones is 1. The summed E-state index contributed by atoms with van der Waals surface area (Å²) in [5, 5.41) is 13.1. The van der Waals surface area contributed by atoms with Crippen molar-refractivity contribution in [2.45, 2.75) is 128 Å². The van der Waals surface area contributed by atoms with Crippen LogP contribution in [-0.4, -0.2) is 52.6 Å². The summed E-state index contributed by atoms with van der Waals surface area (Å²) >= 11 is 0. The largest absolute Gasteiger partial charge is 0.493 e. The Morgan fingerprint density at radius 3 is 2.25 bits per heavy atom. The molecule has 1 aromatic heterocycles. The number of nitrogens with zero attached hydrogens (tertiary/aromatic N) is 2. The first-order valence-corrected chi connectivity index (χ1v) is 22.1. The van der Waals surface area contributed by atoms with Gasteiger partial charge in [0.2, 0.25) is 0 Å². The molecule has 318 valence electrons. The van der Waals surface area contributed by atoms with Gasteiger partial charge < -0.3 is 24.6 Å². The molecular formula is C49H58FN3O7. The first-order chi connectivity index (χ1) is 28.9. The number of carbonyl (C=O) groups excluding carboxylic acids is 2. The van der Waals surface area contributed by atoms with Gasteiger partial charge in [-0.3, -0.25) is 9.59 Å². The number of aromatic nitrogens is 1. The number of nitrogens with one attached hydrogen (secondary N) is 1. The van der Waals surface area contributed by atoms with Crippen molar-refractivity contribution in [3.63, 3.8) is 0 Å². The van der Waals surface area contributed by atoms with Crippen LogP contribution in [0.2, 0.25) is 0 Å². The van der Waals surface area contributed by atoms with Crippen LogP contribution in [0.1, 0.15) is 129 Å². The highest BCUT2D eigenvalue weighted by Crippen LogP contribution is 2.47. The topological polar surface area (TPSA) is 127 Å². The van der Waals surface area contributed by atoms with Crippen molar-refractivity contribution >= 4 is 29.5 Å². The summed E-state index contributed by atoms with van der Waals surface area (Å²) < 4.78 is 20.8. The van der Waals surface area contributed by atoms with E-state index in [1.165, 1.54) is 74.5 Å². The predicted molar refractivity (Wildman–Crippen MR) is 230 cm³/mol. The third kappa shape index (κ3) is 8.41. The molecule has 0 bridgehead atoms. The molecule has 2 aromatic carbocycles. The molecule has 3 saturated carbocycles. The van der Waals surface area contributed by atoms with E-state index in [2.05, 4.69) is 53.3 Å². The average Bonchev–Trinajstić information content (AvgIpc) is 3.67. The Hall–Kier alpha value is -5.19. The summed E-state index contributed by atoms with van der Waals surface area (Å²) in [5.41, 5.74) is 7.09. The molecule has 3 aromatic rings. The average molecular weight is 820 g/mol. The fourth-order valence-corrected chi connectivity index (χ4v) is 10.6. The number of ether oxygens (including phenoxy) is 1. The minimum absolute atomic E-state index is 0.0735. The molecule has 4 heterocycles. The predicted octanol–water partition coefficient (Wildman–Crippen LogP) is 9.11. The van der Waals surface area contributed by atoms with Crippen molar-refractivity contribution in [3.05, 3.63) is 98.0 Å². The van der Waals surface area contributed by atoms with Gasteiger partial charge >= 0.3 is 11.9 Å². The summed E-state index contributed by atoms with van der Waals surface area (Å²) in [7, 11) is 0. The number of fused-ring (bicyclic) bond motifs is 5. The third-order valence-electron chi connectivity index (χ3n) is 14.2. The second-order valence-corrected chi connectivity index (χ2v) is 18.4. The number of carboxylic acids is 1. The van der Waals surface area contributed by atoms with E-state index in [-0.39, 0.29) is 22.2 Å². The molecule has 9 rings (SSSR count). The molecule has 11 heteroatoms. The van der Waals surface area contributed by atoms with Gasteiger partial charge in [-0.05, 0) is 142 Å². The van der Waals surface area contributed by atoms with Gasteiger partial charge in [0, 0.05) is 64.5 Å². The molecule has 2 spiro atoms. The molecule has 3 aliphatic heterocycles. The first kappa shape index (κ1) is 41.5. The molecule has 4 fully saturated rings. The number of aryl methyl sites for hydroxylation is 2. The molecule has 60 heavy (non-hydrogen) atoms. The van der Waals surface area contributed by atoms with E-state index in [9.17, 15) is 28.8 Å². The number of aliphatic carboxylic acids is 1. The van der Waals surface area contributed by atoms with Crippen molar-refractivity contribution in [3.8, 4) is 17.0 Å². The number of carbonyl (C=O) groups is 3. The molecule has 2 atom stereocenters. The highest BCUT2D eigenvalue weighted by Gasteiger charge is 2.41. The van der Waals surface area contributed by atoms with Crippen molar-refractivity contribution in [2.24, 2.45) is 11.8 Å². The van der Waals surface area contributed by atoms with E-state index in [1.54, 1.807) is 12.3 Å². The van der Waals surface area contributed by atoms with E-state index in [4.69, 9.17) is 4.74 Å². The third-order valence-corrected chi connectivity index (χ3v) is 14.2. The van der Waals surface area contributed by atoms with Gasteiger partial charge in [-0.2, -0.15) is 0 Å². The van der Waals surface area contributed by atoms with Crippen LogP contribution >= 0.6 is 0 Å². The molecule has 2 unspecified atom stereocenters. The Morgan fingerprint density at radius 1 is 0.883 bits per heavy atom. The highest BCUT2D eigenvalue weighted by atomic mass is 19.3. The van der Waals surface area contributed by atoms with E-state index >= 15 is 0 Å². The molecular weight excluding hydrogens is 762 g/mol. The number of allylic oxidation sites excluding steroid dienone is 1. The smallest absolute Gasteiger partial charge is 0.384 e. The van der Waals surface area contributed by atoms with Crippen molar-refractivity contribution in [1.82, 2.24) is 9.88 Å². The van der Waals surface area contributed by atoms with Gasteiger partial charge in [-0.25, -0.2) is 14.5 Å². The Labute approximate surface area is 351 Å². The number of benzene rings is 2. The number of hydrogen-bond acceptors (Lipinski definition) is 8. The van der Waals surface area contributed by atoms with Crippen LogP contribution in [0.25, 0.3) is 17.3 Å². The van der Waals surface area contributed by atoms with Crippen LogP contribution in [0.3, 0.4) is 0 Å². The highest BCUT2D eigenvalue weighted by molar-refractivity contribution is 6.24. The maximum absolute atomic E-state index is 12.6. The van der Waals surface area contributed by atoms with Gasteiger partial charge in [0.25, 0.3) is 0 Å². The number of halogens is 1. The molecule has 0 amide bonds. The Morgan fingerprint density at radius 2 is 1.58 bits per heavy atom. The lowest BCUT2D eigenvalue weighted by Gasteiger charge is -2.45. The molecule has 6 aliphatic rings. The molecule has 2 N–H and O–H groups in total. The Bertz CT molecular complexity index is 2290. The van der Waals surface area contributed by atoms with Crippen LogP contribution in [-0.2, 0) is 32.9 Å². The van der Waals surface area contributed by atoms with Crippen LogP contribution in [0.4, 0.5) is 10.2 Å². The van der Waals surface area contributed by atoms with E-state index < -0.39 is 23.2 Å². The standard InChI is InChI=1S/C25H28FNO4.C24H30N2O3/c1-15-8-18(15)14-30-23-10-17-12-25(6-4-3-5-7-25)27-13-20(24(29)31-26)22(28)11-21(27)19(17)9-16(23)2;1-17-13-18-14-20(23(28)29)22(27)7-10-25-24(8-3-2-4-9-24)16-19(18)15-21(17)26-11-5-6-12-26/h9-11,13,15,18H,3-8,12,14H2,1-2H3;7,10,13-15,25H,2-6,8-9,11-12,16H2,1H3,(H,28,29)/b;10-7-,20-14+. The summed E-state index contributed by atoms with van der Waals surface area (Å²) in [4.78, 5) is 54.6. The summed E-state index contributed by atoms with van der Waals surface area (Å²) in [5.74, 6) is -0.575. The SMILES string of the molecule is Cc1cc2c(cc1N1CCCC1)CC1(CCCCC1)N/C=C\C(=O)/C(C(=O)O)=C\2.Cc1cc2c(cc1OCC1CC1C)CC1(CCCCC1)n1cc(C(=O)OF)c(=O)cc1-2. The maximum atomic E-state index is 12.6. The van der Waals surface area contributed by atoms with Crippen LogP contribution < -0.4 is 20.4 Å². The molecule has 10 nitrogen and oxygen atoms in total. The normalized spacial score (nSPS) is 23.7. The maximum Gasteiger partial charge on any atom is 0.384 e. The summed E-state index contributed by atoms with van der Waals surface area (Å²) in [6.07, 6.45) is 22.4. The molecule has 1 saturated heterocycles. The second-order valence-electron chi connectivity index (χ2n) is 18.4. The van der Waals surface area contributed by atoms with E-state index in [0.29, 0.717) is 5.92 Å². The number of rotatable bonds is 6. The Balaban J connectivity index is 0.000000167. The number of pyridine rings is 1. The van der Waals surface area contributed by atoms with Gasteiger partial charge in [0.05, 0.1) is 12.3 Å². The lowest BCUT2D eigenvalue weighted by Crippen LogP contribution is -2.46. The zero-order valence-corrected chi connectivity index (χ0v) is 35.2. The minimum atomic E-state index is -1.23. The van der Waals surface area contributed by atoms with Crippen molar-refractivity contribution in [2.75, 3.05) is 24.6 Å². The zero-order valence-electron chi connectivity index (χ0n) is 35.2. The molecule has 0 radical (unpaired) electrons. The van der Waals surface area contributed by atoms with Gasteiger partial charge in [-0.15, -0.1) is 0 Å².